The van der Waals surface area contributed by atoms with Gasteiger partial charge in [0.1, 0.15) is 0 Å². The van der Waals surface area contributed by atoms with Crippen LogP contribution in [0.3, 0.4) is 0 Å². The zero-order valence-electron chi connectivity index (χ0n) is 11.5. The molecule has 3 rings (SSSR count). The molecule has 2 aliphatic rings. The fourth-order valence-corrected chi connectivity index (χ4v) is 5.41. The first-order chi connectivity index (χ1) is 10.1. The van der Waals surface area contributed by atoms with Gasteiger partial charge in [0.05, 0.1) is 10.5 Å². The standard InChI is InChI=1S/C15H17NO3S2/c17-13(16-12-7-11(8-12)14(18)19)9-1-3-10(4-2-9)15-20-5-6-21-15/h1-4,11-12,15H,5-8H2,(H,16,17)(H,18,19). The van der Waals surface area contributed by atoms with Crippen LogP contribution in [-0.2, 0) is 4.79 Å². The zero-order valence-corrected chi connectivity index (χ0v) is 13.1. The third-order valence-corrected chi connectivity index (χ3v) is 6.99. The molecule has 21 heavy (non-hydrogen) atoms. The largest absolute Gasteiger partial charge is 0.481 e. The van der Waals surface area contributed by atoms with Gasteiger partial charge >= 0.3 is 5.97 Å². The molecular weight excluding hydrogens is 306 g/mol. The number of rotatable bonds is 4. The lowest BCUT2D eigenvalue weighted by molar-refractivity contribution is -0.145. The molecule has 6 heteroatoms. The zero-order chi connectivity index (χ0) is 14.8. The highest BCUT2D eigenvalue weighted by Crippen LogP contribution is 2.45. The van der Waals surface area contributed by atoms with Gasteiger partial charge in [0.15, 0.2) is 0 Å². The van der Waals surface area contributed by atoms with Crippen LogP contribution in [0.15, 0.2) is 24.3 Å². The van der Waals surface area contributed by atoms with Crippen molar-refractivity contribution in [2.24, 2.45) is 5.92 Å². The maximum atomic E-state index is 12.1. The number of carboxylic acid groups (broad SMARTS) is 1. The molecular formula is C15H17NO3S2. The van der Waals surface area contributed by atoms with Crippen LogP contribution in [0.5, 0.6) is 0 Å². The Labute approximate surface area is 132 Å². The Kier molecular flexibility index (Phi) is 4.45. The summed E-state index contributed by atoms with van der Waals surface area (Å²) in [5, 5.41) is 11.7. The van der Waals surface area contributed by atoms with Gasteiger partial charge in [-0.25, -0.2) is 0 Å². The van der Waals surface area contributed by atoms with Crippen LogP contribution in [-0.4, -0.2) is 34.5 Å². The Bertz CT molecular complexity index is 534. The number of carbonyl (C=O) groups is 2. The Morgan fingerprint density at radius 2 is 1.71 bits per heavy atom. The van der Waals surface area contributed by atoms with Crippen LogP contribution in [0, 0.1) is 5.92 Å². The van der Waals surface area contributed by atoms with E-state index in [0.717, 1.165) is 0 Å². The average Bonchev–Trinajstić information content (AvgIpc) is 2.96. The summed E-state index contributed by atoms with van der Waals surface area (Å²) in [6.07, 6.45) is 1.07. The number of carbonyl (C=O) groups excluding carboxylic acids is 1. The summed E-state index contributed by atoms with van der Waals surface area (Å²) < 4.78 is 0.491. The molecule has 1 saturated carbocycles. The molecule has 0 spiro atoms. The van der Waals surface area contributed by atoms with Gasteiger partial charge in [-0.2, -0.15) is 0 Å². The molecule has 1 saturated heterocycles. The van der Waals surface area contributed by atoms with E-state index in [1.54, 1.807) is 0 Å². The van der Waals surface area contributed by atoms with Gasteiger partial charge in [-0.15, -0.1) is 23.5 Å². The van der Waals surface area contributed by atoms with Crippen LogP contribution >= 0.6 is 23.5 Å². The maximum absolute atomic E-state index is 12.1. The highest BCUT2D eigenvalue weighted by molar-refractivity contribution is 8.19. The Hall–Kier alpha value is -1.14. The normalized spacial score (nSPS) is 25.3. The molecule has 1 aliphatic carbocycles. The highest BCUT2D eigenvalue weighted by atomic mass is 32.2. The molecule has 2 N–H and O–H groups in total. The van der Waals surface area contributed by atoms with E-state index >= 15 is 0 Å². The number of aliphatic carboxylic acids is 1. The summed E-state index contributed by atoms with van der Waals surface area (Å²) in [5.74, 6) is 1.20. The summed E-state index contributed by atoms with van der Waals surface area (Å²) >= 11 is 3.89. The first kappa shape index (κ1) is 14.8. The van der Waals surface area contributed by atoms with Crippen molar-refractivity contribution in [3.8, 4) is 0 Å². The molecule has 0 unspecified atom stereocenters. The van der Waals surface area contributed by atoms with Crippen molar-refractivity contribution in [2.75, 3.05) is 11.5 Å². The van der Waals surface area contributed by atoms with Crippen LogP contribution in [0.2, 0.25) is 0 Å². The number of nitrogens with one attached hydrogen (secondary N) is 1. The number of hydrogen-bond acceptors (Lipinski definition) is 4. The van der Waals surface area contributed by atoms with Crippen molar-refractivity contribution in [2.45, 2.75) is 23.5 Å². The minimum Gasteiger partial charge on any atom is -0.481 e. The third kappa shape index (κ3) is 3.37. The summed E-state index contributed by atoms with van der Waals surface area (Å²) in [6, 6.07) is 7.76. The molecule has 0 atom stereocenters. The predicted octanol–water partition coefficient (Wildman–Crippen LogP) is 2.76. The smallest absolute Gasteiger partial charge is 0.306 e. The summed E-state index contributed by atoms with van der Waals surface area (Å²) in [4.78, 5) is 22.8. The summed E-state index contributed by atoms with van der Waals surface area (Å²) in [5.41, 5.74) is 1.90. The summed E-state index contributed by atoms with van der Waals surface area (Å²) in [6.45, 7) is 0. The predicted molar refractivity (Wildman–Crippen MR) is 85.7 cm³/mol. The fraction of sp³-hybridized carbons (Fsp3) is 0.467. The monoisotopic (exact) mass is 323 g/mol. The average molecular weight is 323 g/mol. The van der Waals surface area contributed by atoms with Gasteiger partial charge in [-0.05, 0) is 30.5 Å². The van der Waals surface area contributed by atoms with E-state index in [2.05, 4.69) is 5.32 Å². The van der Waals surface area contributed by atoms with Crippen LogP contribution < -0.4 is 5.32 Å². The highest BCUT2D eigenvalue weighted by Gasteiger charge is 2.35. The molecule has 4 nitrogen and oxygen atoms in total. The molecule has 0 radical (unpaired) electrons. The summed E-state index contributed by atoms with van der Waals surface area (Å²) in [7, 11) is 0. The van der Waals surface area contributed by atoms with Crippen molar-refractivity contribution in [1.82, 2.24) is 5.32 Å². The van der Waals surface area contributed by atoms with E-state index in [1.807, 2.05) is 47.8 Å². The number of hydrogen-bond donors (Lipinski definition) is 2. The van der Waals surface area contributed by atoms with Gasteiger partial charge in [-0.3, -0.25) is 9.59 Å². The molecule has 0 bridgehead atoms. The van der Waals surface area contributed by atoms with E-state index in [4.69, 9.17) is 5.11 Å². The molecule has 2 fully saturated rings. The minimum atomic E-state index is -0.767. The molecule has 1 aromatic rings. The first-order valence-corrected chi connectivity index (χ1v) is 9.10. The van der Waals surface area contributed by atoms with E-state index < -0.39 is 5.97 Å². The van der Waals surface area contributed by atoms with E-state index in [-0.39, 0.29) is 17.9 Å². The lowest BCUT2D eigenvalue weighted by Crippen LogP contribution is -2.46. The van der Waals surface area contributed by atoms with Crippen molar-refractivity contribution in [1.29, 1.82) is 0 Å². The van der Waals surface area contributed by atoms with Gasteiger partial charge < -0.3 is 10.4 Å². The second-order valence-corrected chi connectivity index (χ2v) is 8.10. The molecule has 1 amide bonds. The Morgan fingerprint density at radius 3 is 2.29 bits per heavy atom. The van der Waals surface area contributed by atoms with Gasteiger partial charge in [0.25, 0.3) is 5.91 Å². The minimum absolute atomic E-state index is 0.000722. The van der Waals surface area contributed by atoms with Crippen molar-refractivity contribution >= 4 is 35.4 Å². The van der Waals surface area contributed by atoms with Gasteiger partial charge in [-0.1, -0.05) is 12.1 Å². The molecule has 0 aromatic heterocycles. The number of amides is 1. The topological polar surface area (TPSA) is 66.4 Å². The first-order valence-electron chi connectivity index (χ1n) is 7.00. The third-order valence-electron chi connectivity index (χ3n) is 3.89. The SMILES string of the molecule is O=C(NC1CC(C(=O)O)C1)c1ccc(C2SCCS2)cc1. The number of thioether (sulfide) groups is 2. The van der Waals surface area contributed by atoms with Crippen molar-refractivity contribution in [3.63, 3.8) is 0 Å². The molecule has 1 aliphatic heterocycles. The van der Waals surface area contributed by atoms with Crippen LogP contribution in [0.25, 0.3) is 0 Å². The van der Waals surface area contributed by atoms with Crippen molar-refractivity contribution < 1.29 is 14.7 Å². The van der Waals surface area contributed by atoms with Crippen LogP contribution in [0.4, 0.5) is 0 Å². The molecule has 1 aromatic carbocycles. The van der Waals surface area contributed by atoms with E-state index in [9.17, 15) is 9.59 Å². The number of benzene rings is 1. The lowest BCUT2D eigenvalue weighted by Gasteiger charge is -2.32. The van der Waals surface area contributed by atoms with E-state index in [1.165, 1.54) is 17.1 Å². The van der Waals surface area contributed by atoms with Crippen LogP contribution in [0.1, 0.15) is 33.3 Å². The Morgan fingerprint density at radius 1 is 1.10 bits per heavy atom. The van der Waals surface area contributed by atoms with Gasteiger partial charge in [0, 0.05) is 23.1 Å². The fourth-order valence-electron chi connectivity index (χ4n) is 2.55. The number of carboxylic acids is 1. The second-order valence-electron chi connectivity index (χ2n) is 5.37. The maximum Gasteiger partial charge on any atom is 0.306 e. The van der Waals surface area contributed by atoms with E-state index in [0.29, 0.717) is 23.0 Å². The van der Waals surface area contributed by atoms with Gasteiger partial charge in [0.2, 0.25) is 0 Å². The Balaban J connectivity index is 1.54. The van der Waals surface area contributed by atoms with Crippen molar-refractivity contribution in [3.05, 3.63) is 35.4 Å². The molecule has 1 heterocycles. The molecule has 112 valence electrons. The second kappa shape index (κ2) is 6.32. The lowest BCUT2D eigenvalue weighted by atomic mass is 9.80. The quantitative estimate of drug-likeness (QED) is 0.892.